The van der Waals surface area contributed by atoms with E-state index in [1.54, 1.807) is 0 Å². The van der Waals surface area contributed by atoms with Crippen molar-refractivity contribution in [3.8, 4) is 0 Å². The fourth-order valence-corrected chi connectivity index (χ4v) is 8.95. The number of hydrogen-bond donors (Lipinski definition) is 3. The Bertz CT molecular complexity index is 652. The Balaban J connectivity index is 1.46. The van der Waals surface area contributed by atoms with Crippen LogP contribution in [0, 0.1) is 46.3 Å². The van der Waals surface area contributed by atoms with Gasteiger partial charge in [0.05, 0.1) is 18.8 Å². The van der Waals surface area contributed by atoms with Gasteiger partial charge in [0.15, 0.2) is 0 Å². The van der Waals surface area contributed by atoms with Crippen LogP contribution in [0.2, 0.25) is 0 Å². The highest BCUT2D eigenvalue weighted by Gasteiger charge is 2.62. The molecule has 0 aromatic heterocycles. The lowest BCUT2D eigenvalue weighted by atomic mass is 9.43. The third-order valence-corrected chi connectivity index (χ3v) is 10.6. The lowest BCUT2D eigenvalue weighted by Crippen LogP contribution is -2.58. The van der Waals surface area contributed by atoms with E-state index in [0.717, 1.165) is 32.1 Å². The standard InChI is InChI=1S/C26H44O5/c1-16(4-7-23(30)31-13-12-27)19-5-6-20-24-21(9-11-26(19,20)3)25(2)10-8-18(28)14-17(25)15-22(24)29/h16-22,24,27-29H,4-15H2,1-3H3/t16-,17?,18+,19-,20?,21?,22?,24?,25+,26-/m1/s1. The lowest BCUT2D eigenvalue weighted by molar-refractivity contribution is -0.174. The minimum Gasteiger partial charge on any atom is -0.463 e. The van der Waals surface area contributed by atoms with Crippen LogP contribution >= 0.6 is 0 Å². The average Bonchev–Trinajstić information content (AvgIpc) is 3.09. The Hall–Kier alpha value is -0.650. The summed E-state index contributed by atoms with van der Waals surface area (Å²) in [6.45, 7) is 7.20. The molecular weight excluding hydrogens is 392 g/mol. The van der Waals surface area contributed by atoms with Crippen molar-refractivity contribution in [3.05, 3.63) is 0 Å². The first-order valence-corrected chi connectivity index (χ1v) is 12.8. The maximum atomic E-state index is 11.9. The molecule has 0 radical (unpaired) electrons. The second-order valence-corrected chi connectivity index (χ2v) is 11.9. The molecule has 4 aliphatic rings. The minimum atomic E-state index is -0.236. The number of ether oxygens (including phenoxy) is 1. The van der Waals surface area contributed by atoms with Gasteiger partial charge in [-0.05, 0) is 104 Å². The number of aliphatic hydroxyl groups is 3. The van der Waals surface area contributed by atoms with Crippen LogP contribution in [0.5, 0.6) is 0 Å². The first-order valence-electron chi connectivity index (χ1n) is 12.8. The van der Waals surface area contributed by atoms with Gasteiger partial charge in [0.2, 0.25) is 0 Å². The Morgan fingerprint density at radius 2 is 1.74 bits per heavy atom. The molecule has 0 spiro atoms. The van der Waals surface area contributed by atoms with Crippen molar-refractivity contribution in [1.29, 1.82) is 0 Å². The Kier molecular flexibility index (Phi) is 6.78. The van der Waals surface area contributed by atoms with Crippen LogP contribution in [0.15, 0.2) is 0 Å². The molecule has 4 rings (SSSR count). The molecule has 10 atom stereocenters. The quantitative estimate of drug-likeness (QED) is 0.549. The van der Waals surface area contributed by atoms with Gasteiger partial charge in [-0.2, -0.15) is 0 Å². The average molecular weight is 437 g/mol. The molecule has 4 saturated carbocycles. The summed E-state index contributed by atoms with van der Waals surface area (Å²) in [4.78, 5) is 11.9. The first kappa shape index (κ1) is 23.5. The second kappa shape index (κ2) is 8.95. The van der Waals surface area contributed by atoms with Crippen LogP contribution in [-0.4, -0.2) is 46.7 Å². The van der Waals surface area contributed by atoms with E-state index < -0.39 is 0 Å². The summed E-state index contributed by atoms with van der Waals surface area (Å²) < 4.78 is 5.05. The van der Waals surface area contributed by atoms with Crippen molar-refractivity contribution in [3.63, 3.8) is 0 Å². The number of carbonyl (C=O) groups is 1. The summed E-state index contributed by atoms with van der Waals surface area (Å²) >= 11 is 0. The molecule has 5 nitrogen and oxygen atoms in total. The normalized spacial score (nSPS) is 47.7. The highest BCUT2D eigenvalue weighted by molar-refractivity contribution is 5.69. The molecule has 0 aromatic rings. The van der Waals surface area contributed by atoms with Crippen LogP contribution in [0.1, 0.15) is 85.0 Å². The van der Waals surface area contributed by atoms with Crippen molar-refractivity contribution in [2.45, 2.75) is 97.2 Å². The van der Waals surface area contributed by atoms with E-state index >= 15 is 0 Å². The van der Waals surface area contributed by atoms with Gasteiger partial charge in [0.1, 0.15) is 6.61 Å². The predicted octanol–water partition coefficient (Wildman–Crippen LogP) is 3.93. The van der Waals surface area contributed by atoms with Gasteiger partial charge in [-0.3, -0.25) is 4.79 Å². The molecular formula is C26H44O5. The first-order chi connectivity index (χ1) is 14.7. The smallest absolute Gasteiger partial charge is 0.305 e. The molecule has 0 bridgehead atoms. The fraction of sp³-hybridized carbons (Fsp3) is 0.962. The number of fused-ring (bicyclic) bond motifs is 5. The summed E-state index contributed by atoms with van der Waals surface area (Å²) in [6, 6.07) is 0. The third kappa shape index (κ3) is 4.08. The minimum absolute atomic E-state index is 0.0914. The summed E-state index contributed by atoms with van der Waals surface area (Å²) in [5.74, 6) is 2.84. The van der Waals surface area contributed by atoms with Crippen molar-refractivity contribution in [1.82, 2.24) is 0 Å². The van der Waals surface area contributed by atoms with Crippen LogP contribution < -0.4 is 0 Å². The van der Waals surface area contributed by atoms with E-state index in [2.05, 4.69) is 20.8 Å². The summed E-state index contributed by atoms with van der Waals surface area (Å²) in [6.07, 6.45) is 9.40. The molecule has 0 saturated heterocycles. The molecule has 3 N–H and O–H groups in total. The largest absolute Gasteiger partial charge is 0.463 e. The zero-order chi connectivity index (χ0) is 22.4. The van der Waals surface area contributed by atoms with Gasteiger partial charge in [-0.15, -0.1) is 0 Å². The zero-order valence-electron chi connectivity index (χ0n) is 19.8. The van der Waals surface area contributed by atoms with E-state index in [4.69, 9.17) is 9.84 Å². The molecule has 0 aliphatic heterocycles. The van der Waals surface area contributed by atoms with Crippen LogP contribution in [0.3, 0.4) is 0 Å². The zero-order valence-corrected chi connectivity index (χ0v) is 19.8. The number of aliphatic hydroxyl groups excluding tert-OH is 3. The van der Waals surface area contributed by atoms with Crippen molar-refractivity contribution in [2.75, 3.05) is 13.2 Å². The molecule has 4 fully saturated rings. The molecule has 5 unspecified atom stereocenters. The molecule has 5 heteroatoms. The number of rotatable bonds is 6. The lowest BCUT2D eigenvalue weighted by Gasteiger charge is -2.62. The van der Waals surface area contributed by atoms with Gasteiger partial charge in [0.25, 0.3) is 0 Å². The molecule has 0 amide bonds. The Morgan fingerprint density at radius 1 is 1.03 bits per heavy atom. The number of carbonyl (C=O) groups excluding carboxylic acids is 1. The Morgan fingerprint density at radius 3 is 2.48 bits per heavy atom. The van der Waals surface area contributed by atoms with Gasteiger partial charge in [-0.25, -0.2) is 0 Å². The number of hydrogen-bond acceptors (Lipinski definition) is 5. The molecule has 4 aliphatic carbocycles. The summed E-state index contributed by atoms with van der Waals surface area (Å²) in [7, 11) is 0. The van der Waals surface area contributed by atoms with E-state index in [1.807, 2.05) is 0 Å². The van der Waals surface area contributed by atoms with Crippen molar-refractivity contribution >= 4 is 5.97 Å². The van der Waals surface area contributed by atoms with E-state index in [0.29, 0.717) is 41.9 Å². The summed E-state index contributed by atoms with van der Waals surface area (Å²) in [5, 5.41) is 30.4. The van der Waals surface area contributed by atoms with Crippen LogP contribution in [-0.2, 0) is 9.53 Å². The molecule has 0 aromatic carbocycles. The van der Waals surface area contributed by atoms with Crippen LogP contribution in [0.4, 0.5) is 0 Å². The number of esters is 1. The van der Waals surface area contributed by atoms with Crippen molar-refractivity contribution in [2.24, 2.45) is 46.3 Å². The fourth-order valence-electron chi connectivity index (χ4n) is 8.95. The van der Waals surface area contributed by atoms with Gasteiger partial charge in [0, 0.05) is 6.42 Å². The second-order valence-electron chi connectivity index (χ2n) is 11.9. The molecule has 0 heterocycles. The third-order valence-electron chi connectivity index (χ3n) is 10.6. The van der Waals surface area contributed by atoms with Gasteiger partial charge >= 0.3 is 5.97 Å². The monoisotopic (exact) mass is 436 g/mol. The van der Waals surface area contributed by atoms with E-state index in [9.17, 15) is 15.0 Å². The van der Waals surface area contributed by atoms with Crippen molar-refractivity contribution < 1.29 is 24.9 Å². The summed E-state index contributed by atoms with van der Waals surface area (Å²) in [5.41, 5.74) is 0.512. The van der Waals surface area contributed by atoms with Gasteiger partial charge < -0.3 is 20.1 Å². The van der Waals surface area contributed by atoms with E-state index in [1.165, 1.54) is 25.7 Å². The molecule has 178 valence electrons. The van der Waals surface area contributed by atoms with E-state index in [-0.39, 0.29) is 42.2 Å². The van der Waals surface area contributed by atoms with Crippen LogP contribution in [0.25, 0.3) is 0 Å². The maximum Gasteiger partial charge on any atom is 0.305 e. The SMILES string of the molecule is C[C@H](CCC(=O)OCCO)[C@H]1CCC2C3C(O)CC4C[C@@H](O)CC[C@]4(C)C3CC[C@@]21C. The topological polar surface area (TPSA) is 87.0 Å². The van der Waals surface area contributed by atoms with Gasteiger partial charge in [-0.1, -0.05) is 20.8 Å². The Labute approximate surface area is 187 Å². The highest BCUT2D eigenvalue weighted by atomic mass is 16.5. The maximum absolute atomic E-state index is 11.9. The highest BCUT2D eigenvalue weighted by Crippen LogP contribution is 2.68. The predicted molar refractivity (Wildman–Crippen MR) is 119 cm³/mol. The molecule has 31 heavy (non-hydrogen) atoms.